The molecule has 0 spiro atoms. The molecule has 0 radical (unpaired) electrons. The molecule has 0 fully saturated rings. The molecule has 1 aromatic rings. The Bertz CT molecular complexity index is 352. The van der Waals surface area contributed by atoms with Crippen LogP contribution in [0.25, 0.3) is 0 Å². The molecule has 1 aromatic carbocycles. The maximum Gasteiger partial charge on any atom is 0.0175 e. The van der Waals surface area contributed by atoms with E-state index in [4.69, 9.17) is 0 Å². The average Bonchev–Trinajstić information content (AvgIpc) is 2.27. The molecule has 0 saturated heterocycles. The molecule has 0 unspecified atom stereocenters. The maximum absolute atomic E-state index is 3.45. The van der Waals surface area contributed by atoms with E-state index in [1.165, 1.54) is 11.1 Å². The van der Waals surface area contributed by atoms with Gasteiger partial charge in [-0.25, -0.2) is 0 Å². The van der Waals surface area contributed by atoms with E-state index in [1.54, 1.807) is 0 Å². The van der Waals surface area contributed by atoms with Gasteiger partial charge in [0.05, 0.1) is 0 Å². The second-order valence-corrected chi connectivity index (χ2v) is 5.67. The topological polar surface area (TPSA) is 12.0 Å². The van der Waals surface area contributed by atoms with Gasteiger partial charge in [0.2, 0.25) is 0 Å². The van der Waals surface area contributed by atoms with Gasteiger partial charge in [0, 0.05) is 10.5 Å². The third-order valence-corrected chi connectivity index (χ3v) is 3.11. The third-order valence-electron chi connectivity index (χ3n) is 2.59. The summed E-state index contributed by atoms with van der Waals surface area (Å²) in [6, 6.07) is 9.13. The van der Waals surface area contributed by atoms with E-state index in [-0.39, 0.29) is 0 Å². The standard InChI is InChI=1S/C15H22BrN/c1-12(2)17-10-4-5-13(3)11-14-6-8-15(16)9-7-14/h5-9,12,17H,4,10-11H2,1-3H3. The van der Waals surface area contributed by atoms with Crippen LogP contribution < -0.4 is 5.32 Å². The van der Waals surface area contributed by atoms with E-state index < -0.39 is 0 Å². The van der Waals surface area contributed by atoms with Gasteiger partial charge in [-0.2, -0.15) is 0 Å². The average molecular weight is 296 g/mol. The van der Waals surface area contributed by atoms with Crippen molar-refractivity contribution in [2.75, 3.05) is 6.54 Å². The first kappa shape index (κ1) is 14.5. The van der Waals surface area contributed by atoms with Crippen molar-refractivity contribution in [3.63, 3.8) is 0 Å². The fourth-order valence-corrected chi connectivity index (χ4v) is 1.95. The highest BCUT2D eigenvalue weighted by molar-refractivity contribution is 9.10. The fraction of sp³-hybridized carbons (Fsp3) is 0.467. The molecule has 0 saturated carbocycles. The fourth-order valence-electron chi connectivity index (χ4n) is 1.69. The molecule has 0 bridgehead atoms. The van der Waals surface area contributed by atoms with Gasteiger partial charge >= 0.3 is 0 Å². The third kappa shape index (κ3) is 6.64. The summed E-state index contributed by atoms with van der Waals surface area (Å²) in [6.07, 6.45) is 4.49. The molecule has 0 aliphatic carbocycles. The van der Waals surface area contributed by atoms with Crippen molar-refractivity contribution in [1.29, 1.82) is 0 Å². The van der Waals surface area contributed by atoms with Gasteiger partial charge in [-0.3, -0.25) is 0 Å². The van der Waals surface area contributed by atoms with Gasteiger partial charge in [0.1, 0.15) is 0 Å². The number of halogens is 1. The van der Waals surface area contributed by atoms with Gasteiger partial charge in [0.25, 0.3) is 0 Å². The summed E-state index contributed by atoms with van der Waals surface area (Å²) >= 11 is 3.45. The minimum absolute atomic E-state index is 0.579. The highest BCUT2D eigenvalue weighted by Gasteiger charge is 1.95. The van der Waals surface area contributed by atoms with Crippen LogP contribution in [0, 0.1) is 0 Å². The number of hydrogen-bond acceptors (Lipinski definition) is 1. The van der Waals surface area contributed by atoms with E-state index in [1.807, 2.05) is 0 Å². The lowest BCUT2D eigenvalue weighted by molar-refractivity contribution is 0.594. The molecule has 0 aliphatic rings. The number of allylic oxidation sites excluding steroid dienone is 1. The van der Waals surface area contributed by atoms with Gasteiger partial charge < -0.3 is 5.32 Å². The Labute approximate surface area is 113 Å². The number of nitrogens with one attached hydrogen (secondary N) is 1. The lowest BCUT2D eigenvalue weighted by Crippen LogP contribution is -2.23. The predicted octanol–water partition coefficient (Wildman–Crippen LogP) is 4.33. The van der Waals surface area contributed by atoms with E-state index >= 15 is 0 Å². The first-order valence-corrected chi connectivity index (χ1v) is 7.00. The summed E-state index contributed by atoms with van der Waals surface area (Å²) in [4.78, 5) is 0. The van der Waals surface area contributed by atoms with Crippen LogP contribution >= 0.6 is 15.9 Å². The minimum Gasteiger partial charge on any atom is -0.314 e. The lowest BCUT2D eigenvalue weighted by atomic mass is 10.1. The molecule has 0 atom stereocenters. The Balaban J connectivity index is 2.35. The molecular weight excluding hydrogens is 274 g/mol. The van der Waals surface area contributed by atoms with Crippen molar-refractivity contribution in [3.05, 3.63) is 46.0 Å². The van der Waals surface area contributed by atoms with Gasteiger partial charge in [-0.05, 0) is 44.0 Å². The zero-order valence-electron chi connectivity index (χ0n) is 11.0. The van der Waals surface area contributed by atoms with Crippen LogP contribution in [0.15, 0.2) is 40.4 Å². The molecule has 0 amide bonds. The monoisotopic (exact) mass is 295 g/mol. The van der Waals surface area contributed by atoms with Gasteiger partial charge in [-0.15, -0.1) is 0 Å². The lowest BCUT2D eigenvalue weighted by Gasteiger charge is -2.06. The zero-order chi connectivity index (χ0) is 12.7. The summed E-state index contributed by atoms with van der Waals surface area (Å²) < 4.78 is 1.14. The molecule has 1 nitrogen and oxygen atoms in total. The van der Waals surface area contributed by atoms with E-state index in [2.05, 4.69) is 72.4 Å². The Kier molecular flexibility index (Phi) is 6.53. The Morgan fingerprint density at radius 1 is 1.29 bits per heavy atom. The molecular formula is C15H22BrN. The maximum atomic E-state index is 3.45. The van der Waals surface area contributed by atoms with E-state index in [0.717, 1.165) is 23.9 Å². The van der Waals surface area contributed by atoms with Crippen LogP contribution in [-0.4, -0.2) is 12.6 Å². The molecule has 94 valence electrons. The Morgan fingerprint density at radius 3 is 2.53 bits per heavy atom. The van der Waals surface area contributed by atoms with Crippen LogP contribution in [0.2, 0.25) is 0 Å². The van der Waals surface area contributed by atoms with Crippen LogP contribution in [0.3, 0.4) is 0 Å². The number of hydrogen-bond donors (Lipinski definition) is 1. The van der Waals surface area contributed by atoms with Gasteiger partial charge in [0.15, 0.2) is 0 Å². The minimum atomic E-state index is 0.579. The first-order chi connectivity index (χ1) is 8.08. The Morgan fingerprint density at radius 2 is 1.94 bits per heavy atom. The molecule has 1 N–H and O–H groups in total. The zero-order valence-corrected chi connectivity index (χ0v) is 12.5. The second-order valence-electron chi connectivity index (χ2n) is 4.75. The van der Waals surface area contributed by atoms with Crippen molar-refractivity contribution >= 4 is 15.9 Å². The molecule has 17 heavy (non-hydrogen) atoms. The highest BCUT2D eigenvalue weighted by Crippen LogP contribution is 2.13. The second kappa shape index (κ2) is 7.67. The van der Waals surface area contributed by atoms with Crippen LogP contribution in [0.4, 0.5) is 0 Å². The van der Waals surface area contributed by atoms with E-state index in [0.29, 0.717) is 6.04 Å². The smallest absolute Gasteiger partial charge is 0.0175 e. The first-order valence-electron chi connectivity index (χ1n) is 6.21. The summed E-state index contributed by atoms with van der Waals surface area (Å²) in [5.41, 5.74) is 2.82. The van der Waals surface area contributed by atoms with Crippen molar-refractivity contribution in [2.45, 2.75) is 39.7 Å². The Hall–Kier alpha value is -0.600. The molecule has 2 heteroatoms. The molecule has 0 heterocycles. The largest absolute Gasteiger partial charge is 0.314 e. The number of rotatable bonds is 6. The van der Waals surface area contributed by atoms with Crippen molar-refractivity contribution in [3.8, 4) is 0 Å². The summed E-state index contributed by atoms with van der Waals surface area (Å²) in [6.45, 7) is 7.63. The molecule has 0 aliphatic heterocycles. The van der Waals surface area contributed by atoms with Crippen molar-refractivity contribution in [2.24, 2.45) is 0 Å². The number of benzene rings is 1. The van der Waals surface area contributed by atoms with Crippen molar-refractivity contribution < 1.29 is 0 Å². The normalized spacial score (nSPS) is 12.2. The predicted molar refractivity (Wildman–Crippen MR) is 79.4 cm³/mol. The van der Waals surface area contributed by atoms with Crippen molar-refractivity contribution in [1.82, 2.24) is 5.32 Å². The SMILES string of the molecule is CC(=CCCNC(C)C)Cc1ccc(Br)cc1. The highest BCUT2D eigenvalue weighted by atomic mass is 79.9. The van der Waals surface area contributed by atoms with Gasteiger partial charge in [-0.1, -0.05) is 53.6 Å². The molecule has 0 aromatic heterocycles. The van der Waals surface area contributed by atoms with Crippen LogP contribution in [0.1, 0.15) is 32.8 Å². The van der Waals surface area contributed by atoms with Crippen LogP contribution in [-0.2, 0) is 6.42 Å². The summed E-state index contributed by atoms with van der Waals surface area (Å²) in [5, 5.41) is 3.42. The summed E-state index contributed by atoms with van der Waals surface area (Å²) in [5.74, 6) is 0. The van der Waals surface area contributed by atoms with E-state index in [9.17, 15) is 0 Å². The molecule has 1 rings (SSSR count). The quantitative estimate of drug-likeness (QED) is 0.609. The van der Waals surface area contributed by atoms with Crippen LogP contribution in [0.5, 0.6) is 0 Å². The summed E-state index contributed by atoms with van der Waals surface area (Å²) in [7, 11) is 0.